The first-order chi connectivity index (χ1) is 9.51. The molecule has 102 valence electrons. The van der Waals surface area contributed by atoms with E-state index in [1.54, 1.807) is 6.07 Å². The lowest BCUT2D eigenvalue weighted by atomic mass is 10.1. The molecule has 0 unspecified atom stereocenters. The van der Waals surface area contributed by atoms with Crippen LogP contribution in [0.15, 0.2) is 30.3 Å². The Morgan fingerprint density at radius 3 is 2.40 bits per heavy atom. The molecule has 0 radical (unpaired) electrons. The highest BCUT2D eigenvalue weighted by Crippen LogP contribution is 2.20. The fourth-order valence-electron chi connectivity index (χ4n) is 1.73. The van der Waals surface area contributed by atoms with E-state index in [1.807, 2.05) is 25.1 Å². The summed E-state index contributed by atoms with van der Waals surface area (Å²) in [7, 11) is 0. The number of benzene rings is 2. The van der Waals surface area contributed by atoms with Crippen LogP contribution < -0.4 is 5.32 Å². The second-order valence-corrected chi connectivity index (χ2v) is 5.51. The number of anilines is 1. The molecule has 5 heteroatoms. The summed E-state index contributed by atoms with van der Waals surface area (Å²) in [6, 6.07) is 9.51. The molecule has 0 bridgehead atoms. The summed E-state index contributed by atoms with van der Waals surface area (Å²) in [5.74, 6) is -1.42. The minimum absolute atomic E-state index is 0.0198. The van der Waals surface area contributed by atoms with Crippen LogP contribution in [0, 0.1) is 33.5 Å². The Morgan fingerprint density at radius 1 is 1.20 bits per heavy atom. The standard InChI is InChI=1S/C15H11F2IN2/c1-9-2-3-11(6-15(9)18)20-8-12-13(16)4-10(7-19)5-14(12)17/h2-6,20H,8H2,1H3. The third kappa shape index (κ3) is 3.25. The van der Waals surface area contributed by atoms with Gasteiger partial charge in [0.25, 0.3) is 0 Å². The van der Waals surface area contributed by atoms with Gasteiger partial charge in [-0.3, -0.25) is 0 Å². The van der Waals surface area contributed by atoms with Gasteiger partial charge in [0.05, 0.1) is 11.6 Å². The van der Waals surface area contributed by atoms with Gasteiger partial charge in [-0.25, -0.2) is 8.78 Å². The minimum Gasteiger partial charge on any atom is -0.381 e. The van der Waals surface area contributed by atoms with Crippen LogP contribution in [0.5, 0.6) is 0 Å². The fourth-order valence-corrected chi connectivity index (χ4v) is 2.25. The fraction of sp³-hybridized carbons (Fsp3) is 0.133. The molecular weight excluding hydrogens is 373 g/mol. The Hall–Kier alpha value is -1.68. The molecular formula is C15H11F2IN2. The van der Waals surface area contributed by atoms with Gasteiger partial charge < -0.3 is 5.32 Å². The average Bonchev–Trinajstić information content (AvgIpc) is 2.41. The minimum atomic E-state index is -0.712. The number of aryl methyl sites for hydroxylation is 1. The molecule has 0 heterocycles. The van der Waals surface area contributed by atoms with Gasteiger partial charge in [0.15, 0.2) is 0 Å². The van der Waals surface area contributed by atoms with Crippen LogP contribution in [0.3, 0.4) is 0 Å². The van der Waals surface area contributed by atoms with Crippen molar-refractivity contribution in [3.05, 3.63) is 62.2 Å². The summed E-state index contributed by atoms with van der Waals surface area (Å²) in [4.78, 5) is 0. The van der Waals surface area contributed by atoms with E-state index in [9.17, 15) is 8.78 Å². The summed E-state index contributed by atoms with van der Waals surface area (Å²) >= 11 is 2.20. The largest absolute Gasteiger partial charge is 0.381 e. The predicted octanol–water partition coefficient (Wildman–Crippen LogP) is 4.36. The number of hydrogen-bond acceptors (Lipinski definition) is 2. The first-order valence-corrected chi connectivity index (χ1v) is 6.97. The maximum Gasteiger partial charge on any atom is 0.132 e. The van der Waals surface area contributed by atoms with E-state index in [2.05, 4.69) is 27.9 Å². The number of nitriles is 1. The maximum atomic E-state index is 13.7. The van der Waals surface area contributed by atoms with Crippen LogP contribution in [0.1, 0.15) is 16.7 Å². The maximum absolute atomic E-state index is 13.7. The zero-order valence-electron chi connectivity index (χ0n) is 10.7. The molecule has 0 aliphatic heterocycles. The Balaban J connectivity index is 2.19. The molecule has 1 N–H and O–H groups in total. The summed E-state index contributed by atoms with van der Waals surface area (Å²) in [5.41, 5.74) is 1.85. The number of nitrogens with one attached hydrogen (secondary N) is 1. The van der Waals surface area contributed by atoms with Gasteiger partial charge in [0.2, 0.25) is 0 Å². The lowest BCUT2D eigenvalue weighted by molar-refractivity contribution is 0.559. The zero-order valence-corrected chi connectivity index (χ0v) is 12.8. The molecule has 0 aromatic heterocycles. The quantitative estimate of drug-likeness (QED) is 0.799. The van der Waals surface area contributed by atoms with Crippen molar-refractivity contribution in [3.63, 3.8) is 0 Å². The third-order valence-electron chi connectivity index (χ3n) is 2.91. The van der Waals surface area contributed by atoms with Crippen molar-refractivity contribution in [2.45, 2.75) is 13.5 Å². The monoisotopic (exact) mass is 384 g/mol. The second-order valence-electron chi connectivity index (χ2n) is 4.35. The first-order valence-electron chi connectivity index (χ1n) is 5.89. The number of hydrogen-bond donors (Lipinski definition) is 1. The summed E-state index contributed by atoms with van der Waals surface area (Å²) < 4.78 is 28.5. The molecule has 0 aliphatic rings. The Morgan fingerprint density at radius 2 is 1.85 bits per heavy atom. The molecule has 2 nitrogen and oxygen atoms in total. The van der Waals surface area contributed by atoms with Crippen molar-refractivity contribution in [1.29, 1.82) is 5.26 Å². The van der Waals surface area contributed by atoms with E-state index in [0.29, 0.717) is 0 Å². The normalized spacial score (nSPS) is 10.2. The Kier molecular flexibility index (Phi) is 4.55. The highest BCUT2D eigenvalue weighted by atomic mass is 127. The molecule has 0 spiro atoms. The van der Waals surface area contributed by atoms with Gasteiger partial charge in [0.1, 0.15) is 11.6 Å². The number of halogens is 3. The zero-order chi connectivity index (χ0) is 14.7. The topological polar surface area (TPSA) is 35.8 Å². The highest BCUT2D eigenvalue weighted by Gasteiger charge is 2.11. The van der Waals surface area contributed by atoms with Crippen LogP contribution in [-0.4, -0.2) is 0 Å². The van der Waals surface area contributed by atoms with Crippen molar-refractivity contribution in [2.24, 2.45) is 0 Å². The lowest BCUT2D eigenvalue weighted by Crippen LogP contribution is -2.05. The molecule has 0 amide bonds. The second kappa shape index (κ2) is 6.18. The molecule has 2 rings (SSSR count). The van der Waals surface area contributed by atoms with E-state index >= 15 is 0 Å². The summed E-state index contributed by atoms with van der Waals surface area (Å²) in [6.07, 6.45) is 0. The van der Waals surface area contributed by atoms with E-state index in [-0.39, 0.29) is 17.7 Å². The SMILES string of the molecule is Cc1ccc(NCc2c(F)cc(C#N)cc2F)cc1I. The summed E-state index contributed by atoms with van der Waals surface area (Å²) in [6.45, 7) is 2.02. The molecule has 0 fully saturated rings. The molecule has 0 saturated heterocycles. The Labute approximate surface area is 129 Å². The molecule has 0 saturated carbocycles. The van der Waals surface area contributed by atoms with Gasteiger partial charge in [-0.05, 0) is 59.3 Å². The predicted molar refractivity (Wildman–Crippen MR) is 82.3 cm³/mol. The van der Waals surface area contributed by atoms with Gasteiger partial charge in [0, 0.05) is 21.4 Å². The molecule has 20 heavy (non-hydrogen) atoms. The molecule has 0 atom stereocenters. The number of rotatable bonds is 3. The van der Waals surface area contributed by atoms with Crippen molar-refractivity contribution >= 4 is 28.3 Å². The van der Waals surface area contributed by atoms with Crippen molar-refractivity contribution in [1.82, 2.24) is 0 Å². The molecule has 0 aliphatic carbocycles. The van der Waals surface area contributed by atoms with Gasteiger partial charge >= 0.3 is 0 Å². The van der Waals surface area contributed by atoms with E-state index < -0.39 is 11.6 Å². The van der Waals surface area contributed by atoms with Crippen LogP contribution in [0.2, 0.25) is 0 Å². The van der Waals surface area contributed by atoms with Crippen LogP contribution >= 0.6 is 22.6 Å². The van der Waals surface area contributed by atoms with Crippen LogP contribution in [0.25, 0.3) is 0 Å². The van der Waals surface area contributed by atoms with Gasteiger partial charge in [-0.1, -0.05) is 6.07 Å². The third-order valence-corrected chi connectivity index (χ3v) is 4.07. The van der Waals surface area contributed by atoms with E-state index in [1.165, 1.54) is 0 Å². The smallest absolute Gasteiger partial charge is 0.132 e. The van der Waals surface area contributed by atoms with Crippen LogP contribution in [-0.2, 0) is 6.54 Å². The van der Waals surface area contributed by atoms with Crippen molar-refractivity contribution in [2.75, 3.05) is 5.32 Å². The molecule has 2 aromatic rings. The molecule has 2 aromatic carbocycles. The van der Waals surface area contributed by atoms with Crippen molar-refractivity contribution in [3.8, 4) is 6.07 Å². The average molecular weight is 384 g/mol. The Bertz CT molecular complexity index is 670. The first kappa shape index (κ1) is 14.7. The lowest BCUT2D eigenvalue weighted by Gasteiger charge is -2.10. The van der Waals surface area contributed by atoms with Crippen molar-refractivity contribution < 1.29 is 8.78 Å². The van der Waals surface area contributed by atoms with Gasteiger partial charge in [-0.2, -0.15) is 5.26 Å². The van der Waals surface area contributed by atoms with Gasteiger partial charge in [-0.15, -0.1) is 0 Å². The van der Waals surface area contributed by atoms with E-state index in [0.717, 1.165) is 27.0 Å². The number of nitrogens with zero attached hydrogens (tertiary/aromatic N) is 1. The van der Waals surface area contributed by atoms with E-state index in [4.69, 9.17) is 5.26 Å². The highest BCUT2D eigenvalue weighted by molar-refractivity contribution is 14.1. The summed E-state index contributed by atoms with van der Waals surface area (Å²) in [5, 5.41) is 11.6. The van der Waals surface area contributed by atoms with Crippen LogP contribution in [0.4, 0.5) is 14.5 Å².